The molecular formula is C9H26O4Si3. The van der Waals surface area contributed by atoms with Crippen molar-refractivity contribution in [3.05, 3.63) is 0 Å². The van der Waals surface area contributed by atoms with Gasteiger partial charge in [0.15, 0.2) is 0 Å². The molecule has 0 aliphatic heterocycles. The lowest BCUT2D eigenvalue weighted by Crippen LogP contribution is -2.54. The van der Waals surface area contributed by atoms with Crippen LogP contribution in [0.5, 0.6) is 0 Å². The van der Waals surface area contributed by atoms with E-state index < -0.39 is 25.7 Å². The fraction of sp³-hybridized carbons (Fsp3) is 1.00. The predicted octanol–water partition coefficient (Wildman–Crippen LogP) is 2.54. The minimum Gasteiger partial charge on any atom is -0.416 e. The number of hydrogen-bond donors (Lipinski definition) is 1. The normalized spacial score (nSPS) is 14.6. The molecule has 0 amide bonds. The Labute approximate surface area is 103 Å². The highest BCUT2D eigenvalue weighted by molar-refractivity contribution is 6.84. The zero-order valence-electron chi connectivity index (χ0n) is 11.7. The highest BCUT2D eigenvalue weighted by Gasteiger charge is 2.40. The van der Waals surface area contributed by atoms with E-state index in [0.29, 0.717) is 0 Å². The largest absolute Gasteiger partial charge is 0.416 e. The molecule has 0 heterocycles. The van der Waals surface area contributed by atoms with Crippen molar-refractivity contribution >= 4 is 25.7 Å². The average molecular weight is 283 g/mol. The maximum atomic E-state index is 9.78. The second kappa shape index (κ2) is 5.42. The SMILES string of the molecule is CC(C)O[Si](C)(C)O[Si](C)(C)O[Si](C)(C)O. The second-order valence-electron chi connectivity index (χ2n) is 5.62. The summed E-state index contributed by atoms with van der Waals surface area (Å²) in [6, 6.07) is 0. The first kappa shape index (κ1) is 16.5. The van der Waals surface area contributed by atoms with Crippen molar-refractivity contribution in [3.63, 3.8) is 0 Å². The third kappa shape index (κ3) is 8.62. The van der Waals surface area contributed by atoms with Crippen LogP contribution in [-0.2, 0) is 12.7 Å². The highest BCUT2D eigenvalue weighted by atomic mass is 28.5. The van der Waals surface area contributed by atoms with Gasteiger partial charge in [-0.25, -0.2) is 0 Å². The molecule has 0 saturated heterocycles. The molecular weight excluding hydrogens is 256 g/mol. The molecule has 0 rings (SSSR count). The van der Waals surface area contributed by atoms with E-state index in [9.17, 15) is 4.80 Å². The summed E-state index contributed by atoms with van der Waals surface area (Å²) in [5, 5.41) is 0. The minimum absolute atomic E-state index is 0.158. The Kier molecular flexibility index (Phi) is 5.59. The molecule has 0 atom stereocenters. The third-order valence-corrected chi connectivity index (χ3v) is 10.4. The van der Waals surface area contributed by atoms with E-state index in [1.54, 1.807) is 13.1 Å². The summed E-state index contributed by atoms with van der Waals surface area (Å²) in [6.07, 6.45) is 0.158. The smallest absolute Gasteiger partial charge is 0.323 e. The van der Waals surface area contributed by atoms with Gasteiger partial charge in [0.25, 0.3) is 0 Å². The van der Waals surface area contributed by atoms with Gasteiger partial charge in [-0.3, -0.25) is 0 Å². The molecule has 0 unspecified atom stereocenters. The van der Waals surface area contributed by atoms with Gasteiger partial charge in [-0.1, -0.05) is 0 Å². The fourth-order valence-corrected chi connectivity index (χ4v) is 13.2. The molecule has 0 aliphatic carbocycles. The zero-order chi connectivity index (χ0) is 13.2. The van der Waals surface area contributed by atoms with Crippen LogP contribution in [-0.4, -0.2) is 36.6 Å². The van der Waals surface area contributed by atoms with E-state index in [1.807, 2.05) is 40.0 Å². The standard InChI is InChI=1S/C9H26O4Si3/c1-9(2)11-15(5,6)13-16(7,8)12-14(3,4)10/h9-10H,1-8H3. The molecule has 0 saturated carbocycles. The Morgan fingerprint density at radius 1 is 0.812 bits per heavy atom. The predicted molar refractivity (Wildman–Crippen MR) is 73.1 cm³/mol. The van der Waals surface area contributed by atoms with Crippen molar-refractivity contribution in [2.45, 2.75) is 59.2 Å². The second-order valence-corrected chi connectivity index (χ2v) is 16.0. The lowest BCUT2D eigenvalue weighted by atomic mass is 10.5. The maximum absolute atomic E-state index is 9.78. The van der Waals surface area contributed by atoms with Crippen LogP contribution in [0.25, 0.3) is 0 Å². The van der Waals surface area contributed by atoms with Crippen molar-refractivity contribution in [2.75, 3.05) is 0 Å². The van der Waals surface area contributed by atoms with E-state index in [0.717, 1.165) is 0 Å². The van der Waals surface area contributed by atoms with Crippen LogP contribution in [0.3, 0.4) is 0 Å². The summed E-state index contributed by atoms with van der Waals surface area (Å²) in [5.41, 5.74) is 0. The van der Waals surface area contributed by atoms with Gasteiger partial charge >= 0.3 is 25.7 Å². The van der Waals surface area contributed by atoms with Crippen molar-refractivity contribution in [1.29, 1.82) is 0 Å². The van der Waals surface area contributed by atoms with Crippen molar-refractivity contribution in [3.8, 4) is 0 Å². The Bertz CT molecular complexity index is 223. The number of hydrogen-bond acceptors (Lipinski definition) is 4. The summed E-state index contributed by atoms with van der Waals surface area (Å²) in [7, 11) is -6.98. The van der Waals surface area contributed by atoms with E-state index >= 15 is 0 Å². The van der Waals surface area contributed by atoms with E-state index in [2.05, 4.69) is 0 Å². The molecule has 98 valence electrons. The van der Waals surface area contributed by atoms with Crippen molar-refractivity contribution < 1.29 is 17.5 Å². The summed E-state index contributed by atoms with van der Waals surface area (Å²) in [6.45, 7) is 15.4. The molecule has 0 aromatic carbocycles. The monoisotopic (exact) mass is 282 g/mol. The van der Waals surface area contributed by atoms with Crippen molar-refractivity contribution in [2.24, 2.45) is 0 Å². The van der Waals surface area contributed by atoms with Crippen LogP contribution in [0.1, 0.15) is 13.8 Å². The Morgan fingerprint density at radius 3 is 1.56 bits per heavy atom. The summed E-state index contributed by atoms with van der Waals surface area (Å²) in [4.78, 5) is 9.78. The molecule has 0 aromatic heterocycles. The first-order valence-electron chi connectivity index (χ1n) is 5.63. The quantitative estimate of drug-likeness (QED) is 0.761. The zero-order valence-corrected chi connectivity index (χ0v) is 14.7. The Morgan fingerprint density at radius 2 is 1.25 bits per heavy atom. The third-order valence-electron chi connectivity index (χ3n) is 1.51. The highest BCUT2D eigenvalue weighted by Crippen LogP contribution is 2.20. The van der Waals surface area contributed by atoms with Crippen LogP contribution in [0.4, 0.5) is 0 Å². The van der Waals surface area contributed by atoms with Gasteiger partial charge in [0, 0.05) is 6.10 Å². The van der Waals surface area contributed by atoms with E-state index in [4.69, 9.17) is 12.7 Å². The first-order chi connectivity index (χ1) is 6.83. The summed E-state index contributed by atoms with van der Waals surface area (Å²) in [5.74, 6) is 0. The molecule has 0 spiro atoms. The fourth-order valence-electron chi connectivity index (χ4n) is 1.81. The van der Waals surface area contributed by atoms with Gasteiger partial charge in [0.05, 0.1) is 0 Å². The van der Waals surface area contributed by atoms with Gasteiger partial charge in [-0.2, -0.15) is 0 Å². The molecule has 1 N–H and O–H groups in total. The van der Waals surface area contributed by atoms with Crippen LogP contribution in [0.2, 0.25) is 39.3 Å². The van der Waals surface area contributed by atoms with Crippen LogP contribution in [0.15, 0.2) is 0 Å². The summed E-state index contributed by atoms with van der Waals surface area (Å²) >= 11 is 0. The van der Waals surface area contributed by atoms with Crippen LogP contribution >= 0.6 is 0 Å². The first-order valence-corrected chi connectivity index (χ1v) is 14.1. The Balaban J connectivity index is 4.45. The lowest BCUT2D eigenvalue weighted by molar-refractivity contribution is 0.176. The molecule has 16 heavy (non-hydrogen) atoms. The molecule has 4 nitrogen and oxygen atoms in total. The molecule has 0 aliphatic rings. The molecule has 0 fully saturated rings. The minimum atomic E-state index is -2.53. The average Bonchev–Trinajstić information content (AvgIpc) is 1.69. The number of rotatable bonds is 6. The van der Waals surface area contributed by atoms with E-state index in [1.165, 1.54) is 0 Å². The van der Waals surface area contributed by atoms with Crippen LogP contribution in [0, 0.1) is 0 Å². The Hall–Kier alpha value is 0.491. The molecule has 7 heteroatoms. The molecule has 0 radical (unpaired) electrons. The maximum Gasteiger partial charge on any atom is 0.323 e. The topological polar surface area (TPSA) is 47.9 Å². The van der Waals surface area contributed by atoms with E-state index in [-0.39, 0.29) is 6.10 Å². The van der Waals surface area contributed by atoms with Crippen LogP contribution < -0.4 is 0 Å². The van der Waals surface area contributed by atoms with Gasteiger partial charge < -0.3 is 17.5 Å². The molecule has 0 aromatic rings. The van der Waals surface area contributed by atoms with Gasteiger partial charge in [-0.05, 0) is 53.1 Å². The summed E-state index contributed by atoms with van der Waals surface area (Å²) < 4.78 is 17.5. The van der Waals surface area contributed by atoms with Gasteiger partial charge in [-0.15, -0.1) is 0 Å². The molecule has 0 bridgehead atoms. The van der Waals surface area contributed by atoms with Crippen molar-refractivity contribution in [1.82, 2.24) is 0 Å². The van der Waals surface area contributed by atoms with Gasteiger partial charge in [0.2, 0.25) is 0 Å². The van der Waals surface area contributed by atoms with Gasteiger partial charge in [0.1, 0.15) is 0 Å². The lowest BCUT2D eigenvalue weighted by Gasteiger charge is -2.36.